The number of nitrogens with one attached hydrogen (secondary N) is 1. The van der Waals surface area contributed by atoms with Crippen LogP contribution in [0.5, 0.6) is 0 Å². The number of carboxylic acid groups (broad SMARTS) is 1. The molecule has 0 radical (unpaired) electrons. The van der Waals surface area contributed by atoms with E-state index in [4.69, 9.17) is 16.7 Å². The van der Waals surface area contributed by atoms with Crippen LogP contribution in [-0.4, -0.2) is 27.0 Å². The van der Waals surface area contributed by atoms with Gasteiger partial charge >= 0.3 is 5.97 Å². The first-order valence-electron chi connectivity index (χ1n) is 6.16. The van der Waals surface area contributed by atoms with Gasteiger partial charge in [-0.15, -0.1) is 0 Å². The molecular formula is C14H12ClN3O3. The van der Waals surface area contributed by atoms with Gasteiger partial charge in [-0.1, -0.05) is 18.5 Å². The summed E-state index contributed by atoms with van der Waals surface area (Å²) >= 11 is 5.86. The van der Waals surface area contributed by atoms with Gasteiger partial charge in [-0.05, 0) is 30.7 Å². The second-order valence-electron chi connectivity index (χ2n) is 4.21. The maximum Gasteiger partial charge on any atom is 0.335 e. The average molecular weight is 306 g/mol. The largest absolute Gasteiger partial charge is 0.478 e. The Kier molecular flexibility index (Phi) is 4.49. The van der Waals surface area contributed by atoms with Crippen LogP contribution in [0.3, 0.4) is 0 Å². The van der Waals surface area contributed by atoms with Crippen LogP contribution in [0.25, 0.3) is 0 Å². The predicted octanol–water partition coefficient (Wildman–Crippen LogP) is 2.64. The summed E-state index contributed by atoms with van der Waals surface area (Å²) in [5.74, 6) is -1.36. The van der Waals surface area contributed by atoms with E-state index in [1.54, 1.807) is 6.07 Å². The number of rotatable bonds is 4. The predicted molar refractivity (Wildman–Crippen MR) is 77.8 cm³/mol. The SMILES string of the molecule is CCc1cc(C(=O)Nc2cc(C(=O)O)ccn2)cc(Cl)n1. The van der Waals surface area contributed by atoms with Gasteiger partial charge in [0.25, 0.3) is 5.91 Å². The van der Waals surface area contributed by atoms with E-state index in [9.17, 15) is 9.59 Å². The molecule has 1 amide bonds. The molecule has 0 atom stereocenters. The summed E-state index contributed by atoms with van der Waals surface area (Å²) in [6.45, 7) is 1.90. The Hall–Kier alpha value is -2.47. The van der Waals surface area contributed by atoms with Gasteiger partial charge in [0.15, 0.2) is 0 Å². The number of amides is 1. The molecule has 2 aromatic heterocycles. The maximum atomic E-state index is 12.1. The lowest BCUT2D eigenvalue weighted by molar-refractivity contribution is 0.0696. The molecule has 0 aliphatic rings. The Morgan fingerprint density at radius 2 is 2.05 bits per heavy atom. The molecule has 0 aliphatic heterocycles. The Balaban J connectivity index is 2.23. The lowest BCUT2D eigenvalue weighted by Crippen LogP contribution is -2.14. The van der Waals surface area contributed by atoms with Gasteiger partial charge in [-0.2, -0.15) is 0 Å². The van der Waals surface area contributed by atoms with E-state index in [1.807, 2.05) is 6.92 Å². The van der Waals surface area contributed by atoms with Crippen molar-refractivity contribution in [3.8, 4) is 0 Å². The van der Waals surface area contributed by atoms with Crippen LogP contribution in [0.2, 0.25) is 5.15 Å². The third-order valence-electron chi connectivity index (χ3n) is 2.72. The fourth-order valence-corrected chi connectivity index (χ4v) is 1.91. The van der Waals surface area contributed by atoms with Crippen LogP contribution in [0.15, 0.2) is 30.5 Å². The van der Waals surface area contributed by atoms with E-state index in [1.165, 1.54) is 24.4 Å². The van der Waals surface area contributed by atoms with Gasteiger partial charge in [0.2, 0.25) is 0 Å². The van der Waals surface area contributed by atoms with Crippen molar-refractivity contribution >= 4 is 29.3 Å². The Morgan fingerprint density at radius 3 is 2.71 bits per heavy atom. The number of carbonyl (C=O) groups excluding carboxylic acids is 1. The first-order chi connectivity index (χ1) is 9.99. The van der Waals surface area contributed by atoms with E-state index >= 15 is 0 Å². The zero-order chi connectivity index (χ0) is 15.4. The number of hydrogen-bond acceptors (Lipinski definition) is 4. The maximum absolute atomic E-state index is 12.1. The summed E-state index contributed by atoms with van der Waals surface area (Å²) in [4.78, 5) is 31.0. The summed E-state index contributed by atoms with van der Waals surface area (Å²) < 4.78 is 0. The third kappa shape index (κ3) is 3.76. The summed E-state index contributed by atoms with van der Waals surface area (Å²) in [6, 6.07) is 5.69. The highest BCUT2D eigenvalue weighted by molar-refractivity contribution is 6.29. The zero-order valence-corrected chi connectivity index (χ0v) is 11.9. The van der Waals surface area contributed by atoms with Crippen molar-refractivity contribution in [1.82, 2.24) is 9.97 Å². The summed E-state index contributed by atoms with van der Waals surface area (Å²) in [5, 5.41) is 11.7. The Labute approximate surface area is 125 Å². The number of anilines is 1. The number of carbonyl (C=O) groups is 2. The highest BCUT2D eigenvalue weighted by Crippen LogP contribution is 2.14. The molecular weight excluding hydrogens is 294 g/mol. The topological polar surface area (TPSA) is 92.2 Å². The molecule has 0 saturated carbocycles. The number of aromatic nitrogens is 2. The summed E-state index contributed by atoms with van der Waals surface area (Å²) in [7, 11) is 0. The van der Waals surface area contributed by atoms with E-state index in [0.29, 0.717) is 17.7 Å². The summed E-state index contributed by atoms with van der Waals surface area (Å²) in [5.41, 5.74) is 1.08. The van der Waals surface area contributed by atoms with Crippen molar-refractivity contribution in [1.29, 1.82) is 0 Å². The number of hydrogen-bond donors (Lipinski definition) is 2. The molecule has 2 heterocycles. The normalized spacial score (nSPS) is 10.2. The van der Waals surface area contributed by atoms with E-state index in [2.05, 4.69) is 15.3 Å². The molecule has 0 saturated heterocycles. The minimum absolute atomic E-state index is 0.0438. The molecule has 0 unspecified atom stereocenters. The molecule has 0 fully saturated rings. The first-order valence-corrected chi connectivity index (χ1v) is 6.54. The van der Waals surface area contributed by atoms with Crippen LogP contribution in [0.4, 0.5) is 5.82 Å². The number of halogens is 1. The fourth-order valence-electron chi connectivity index (χ4n) is 1.68. The Morgan fingerprint density at radius 1 is 1.29 bits per heavy atom. The van der Waals surface area contributed by atoms with Crippen LogP contribution in [0.1, 0.15) is 33.3 Å². The molecule has 21 heavy (non-hydrogen) atoms. The monoisotopic (exact) mass is 305 g/mol. The third-order valence-corrected chi connectivity index (χ3v) is 2.91. The van der Waals surface area contributed by atoms with Gasteiger partial charge in [0.1, 0.15) is 11.0 Å². The molecule has 0 bridgehead atoms. The minimum Gasteiger partial charge on any atom is -0.478 e. The number of aryl methyl sites for hydroxylation is 1. The van der Waals surface area contributed by atoms with E-state index in [-0.39, 0.29) is 16.5 Å². The highest BCUT2D eigenvalue weighted by Gasteiger charge is 2.11. The summed E-state index contributed by atoms with van der Waals surface area (Å²) in [6.07, 6.45) is 1.96. The van der Waals surface area contributed by atoms with Gasteiger partial charge in [0.05, 0.1) is 5.56 Å². The van der Waals surface area contributed by atoms with Crippen molar-refractivity contribution in [2.75, 3.05) is 5.32 Å². The molecule has 0 spiro atoms. The number of carboxylic acids is 1. The number of nitrogens with zero attached hydrogens (tertiary/aromatic N) is 2. The highest BCUT2D eigenvalue weighted by atomic mass is 35.5. The number of pyridine rings is 2. The molecule has 2 aromatic rings. The van der Waals surface area contributed by atoms with Crippen molar-refractivity contribution in [2.24, 2.45) is 0 Å². The second kappa shape index (κ2) is 6.32. The molecule has 2 rings (SSSR count). The van der Waals surface area contributed by atoms with Crippen molar-refractivity contribution in [3.05, 3.63) is 52.4 Å². The lowest BCUT2D eigenvalue weighted by atomic mass is 10.2. The molecule has 2 N–H and O–H groups in total. The first kappa shape index (κ1) is 14.9. The lowest BCUT2D eigenvalue weighted by Gasteiger charge is -2.06. The fraction of sp³-hybridized carbons (Fsp3) is 0.143. The molecule has 6 nitrogen and oxygen atoms in total. The van der Waals surface area contributed by atoms with E-state index in [0.717, 1.165) is 0 Å². The minimum atomic E-state index is -1.09. The number of aromatic carboxylic acids is 1. The molecule has 7 heteroatoms. The van der Waals surface area contributed by atoms with Gasteiger partial charge in [-0.25, -0.2) is 14.8 Å². The zero-order valence-electron chi connectivity index (χ0n) is 11.1. The van der Waals surface area contributed by atoms with Crippen molar-refractivity contribution in [2.45, 2.75) is 13.3 Å². The van der Waals surface area contributed by atoms with Crippen LogP contribution in [0, 0.1) is 0 Å². The van der Waals surface area contributed by atoms with Crippen LogP contribution >= 0.6 is 11.6 Å². The quantitative estimate of drug-likeness (QED) is 0.847. The van der Waals surface area contributed by atoms with Crippen LogP contribution < -0.4 is 5.32 Å². The van der Waals surface area contributed by atoms with Gasteiger partial charge in [-0.3, -0.25) is 4.79 Å². The van der Waals surface area contributed by atoms with Crippen LogP contribution in [-0.2, 0) is 6.42 Å². The van der Waals surface area contributed by atoms with E-state index < -0.39 is 11.9 Å². The van der Waals surface area contributed by atoms with Gasteiger partial charge in [0, 0.05) is 17.5 Å². The molecule has 108 valence electrons. The van der Waals surface area contributed by atoms with Crippen molar-refractivity contribution < 1.29 is 14.7 Å². The second-order valence-corrected chi connectivity index (χ2v) is 4.60. The molecule has 0 aromatic carbocycles. The Bertz CT molecular complexity index is 704. The van der Waals surface area contributed by atoms with Crippen molar-refractivity contribution in [3.63, 3.8) is 0 Å². The average Bonchev–Trinajstić information content (AvgIpc) is 2.46. The standard InChI is InChI=1S/C14H12ClN3O3/c1-2-10-5-9(6-11(15)17-10)13(19)18-12-7-8(14(20)21)3-4-16-12/h3-7H,2H2,1H3,(H,20,21)(H,16,18,19). The molecule has 0 aliphatic carbocycles. The van der Waals surface area contributed by atoms with Gasteiger partial charge < -0.3 is 10.4 Å². The smallest absolute Gasteiger partial charge is 0.335 e.